The number of thioether (sulfide) groups is 1. The Balaban J connectivity index is 1.63. The van der Waals surface area contributed by atoms with Gasteiger partial charge in [0.15, 0.2) is 0 Å². The summed E-state index contributed by atoms with van der Waals surface area (Å²) >= 11 is 5.05. The first-order valence-corrected chi connectivity index (χ1v) is 8.65. The number of hydrogen-bond donors (Lipinski definition) is 0. The fourth-order valence-corrected chi connectivity index (χ4v) is 4.51. The van der Waals surface area contributed by atoms with Gasteiger partial charge in [0.1, 0.15) is 12.6 Å². The highest BCUT2D eigenvalue weighted by Gasteiger charge is 2.53. The summed E-state index contributed by atoms with van der Waals surface area (Å²) in [5.41, 5.74) is 0.938. The highest BCUT2D eigenvalue weighted by molar-refractivity contribution is 9.10. The number of fused-ring (bicyclic) bond motifs is 1. The SMILES string of the molecule is C[C@@]12CCC(=O)N1[C@@H](C(=O)OCc1ccc(Br)cc1)CS2. The standard InChI is InChI=1S/C15H16BrNO3S/c1-15-7-6-13(18)17(15)12(9-21-15)14(19)20-8-10-2-4-11(16)5-3-10/h2-5,12H,6-9H2,1H3/t12-,15-/m1/s1. The zero-order chi connectivity index (χ0) is 15.0. The third-order valence-corrected chi connectivity index (χ3v) is 6.05. The largest absolute Gasteiger partial charge is 0.459 e. The molecule has 0 saturated carbocycles. The topological polar surface area (TPSA) is 46.6 Å². The first kappa shape index (κ1) is 14.9. The summed E-state index contributed by atoms with van der Waals surface area (Å²) in [6.45, 7) is 2.27. The summed E-state index contributed by atoms with van der Waals surface area (Å²) in [4.78, 5) is 25.8. The number of hydrogen-bond acceptors (Lipinski definition) is 4. The second-order valence-corrected chi connectivity index (χ2v) is 7.92. The highest BCUT2D eigenvalue weighted by Crippen LogP contribution is 2.47. The number of carbonyl (C=O) groups excluding carboxylic acids is 2. The van der Waals surface area contributed by atoms with E-state index in [4.69, 9.17) is 4.74 Å². The number of esters is 1. The maximum atomic E-state index is 12.3. The molecule has 6 heteroatoms. The van der Waals surface area contributed by atoms with Crippen molar-refractivity contribution in [3.8, 4) is 0 Å². The Labute approximate surface area is 136 Å². The minimum atomic E-state index is -0.439. The molecule has 0 aliphatic carbocycles. The molecule has 0 N–H and O–H groups in total. The van der Waals surface area contributed by atoms with Gasteiger partial charge < -0.3 is 9.64 Å². The monoisotopic (exact) mass is 369 g/mol. The van der Waals surface area contributed by atoms with Crippen molar-refractivity contribution in [1.82, 2.24) is 4.90 Å². The number of halogens is 1. The zero-order valence-electron chi connectivity index (χ0n) is 11.7. The zero-order valence-corrected chi connectivity index (χ0v) is 14.1. The van der Waals surface area contributed by atoms with E-state index in [1.807, 2.05) is 31.2 Å². The number of rotatable bonds is 3. The van der Waals surface area contributed by atoms with Crippen molar-refractivity contribution >= 4 is 39.6 Å². The molecule has 2 saturated heterocycles. The summed E-state index contributed by atoms with van der Waals surface area (Å²) in [6, 6.07) is 7.20. The van der Waals surface area contributed by atoms with Crippen LogP contribution in [0.5, 0.6) is 0 Å². The van der Waals surface area contributed by atoms with Crippen LogP contribution in [-0.2, 0) is 20.9 Å². The second kappa shape index (κ2) is 5.65. The van der Waals surface area contributed by atoms with Gasteiger partial charge >= 0.3 is 5.97 Å². The lowest BCUT2D eigenvalue weighted by atomic mass is 10.2. The highest BCUT2D eigenvalue weighted by atomic mass is 79.9. The van der Waals surface area contributed by atoms with E-state index in [9.17, 15) is 9.59 Å². The van der Waals surface area contributed by atoms with E-state index in [2.05, 4.69) is 15.9 Å². The van der Waals surface area contributed by atoms with Crippen molar-refractivity contribution in [3.05, 3.63) is 34.3 Å². The van der Waals surface area contributed by atoms with E-state index in [0.717, 1.165) is 16.5 Å². The minimum absolute atomic E-state index is 0.0630. The number of ether oxygens (including phenoxy) is 1. The lowest BCUT2D eigenvalue weighted by molar-refractivity contribution is -0.154. The van der Waals surface area contributed by atoms with Gasteiger partial charge in [0.2, 0.25) is 5.91 Å². The van der Waals surface area contributed by atoms with Crippen LogP contribution in [0.2, 0.25) is 0 Å². The van der Waals surface area contributed by atoms with Gasteiger partial charge in [-0.1, -0.05) is 28.1 Å². The molecule has 2 heterocycles. The maximum Gasteiger partial charge on any atom is 0.330 e. The minimum Gasteiger partial charge on any atom is -0.459 e. The van der Waals surface area contributed by atoms with Crippen molar-refractivity contribution in [2.24, 2.45) is 0 Å². The molecular weight excluding hydrogens is 354 g/mol. The van der Waals surface area contributed by atoms with Crippen LogP contribution in [-0.4, -0.2) is 33.4 Å². The van der Waals surface area contributed by atoms with Crippen LogP contribution in [0.4, 0.5) is 0 Å². The lowest BCUT2D eigenvalue weighted by Crippen LogP contribution is -2.46. The molecule has 0 aromatic heterocycles. The molecule has 1 amide bonds. The molecule has 2 fully saturated rings. The number of benzene rings is 1. The first-order chi connectivity index (χ1) is 9.99. The van der Waals surface area contributed by atoms with Crippen molar-refractivity contribution < 1.29 is 14.3 Å². The summed E-state index contributed by atoms with van der Waals surface area (Å²) in [6.07, 6.45) is 1.34. The molecule has 112 valence electrons. The quantitative estimate of drug-likeness (QED) is 0.768. The van der Waals surface area contributed by atoms with Gasteiger partial charge in [-0.25, -0.2) is 4.79 Å². The average molecular weight is 370 g/mol. The Morgan fingerprint density at radius 3 is 2.90 bits per heavy atom. The Hall–Kier alpha value is -1.01. The summed E-state index contributed by atoms with van der Waals surface area (Å²) in [5, 5.41) is 0. The van der Waals surface area contributed by atoms with Crippen LogP contribution >= 0.6 is 27.7 Å². The van der Waals surface area contributed by atoms with Gasteiger partial charge in [-0.2, -0.15) is 0 Å². The Bertz CT molecular complexity index is 577. The molecule has 2 aliphatic rings. The van der Waals surface area contributed by atoms with Crippen LogP contribution in [0.15, 0.2) is 28.7 Å². The molecule has 0 radical (unpaired) electrons. The van der Waals surface area contributed by atoms with Crippen molar-refractivity contribution in [2.75, 3.05) is 5.75 Å². The number of amides is 1. The Morgan fingerprint density at radius 2 is 2.19 bits per heavy atom. The van der Waals surface area contributed by atoms with E-state index >= 15 is 0 Å². The third-order valence-electron chi connectivity index (χ3n) is 4.01. The van der Waals surface area contributed by atoms with Gasteiger partial charge in [-0.3, -0.25) is 4.79 Å². The van der Waals surface area contributed by atoms with Crippen LogP contribution in [0.1, 0.15) is 25.3 Å². The van der Waals surface area contributed by atoms with Gasteiger partial charge in [0.05, 0.1) is 4.87 Å². The van der Waals surface area contributed by atoms with Crippen LogP contribution < -0.4 is 0 Å². The molecule has 3 rings (SSSR count). The summed E-state index contributed by atoms with van der Waals surface area (Å²) in [5.74, 6) is 0.388. The molecule has 2 aliphatic heterocycles. The molecule has 0 bridgehead atoms. The van der Waals surface area contributed by atoms with Gasteiger partial charge in [-0.15, -0.1) is 11.8 Å². The smallest absolute Gasteiger partial charge is 0.330 e. The fraction of sp³-hybridized carbons (Fsp3) is 0.467. The van der Waals surface area contributed by atoms with Crippen LogP contribution in [0, 0.1) is 0 Å². The molecule has 1 aromatic rings. The van der Waals surface area contributed by atoms with Gasteiger partial charge in [0, 0.05) is 16.6 Å². The Morgan fingerprint density at radius 1 is 1.48 bits per heavy atom. The Kier molecular flexibility index (Phi) is 4.01. The van der Waals surface area contributed by atoms with Crippen LogP contribution in [0.3, 0.4) is 0 Å². The fourth-order valence-electron chi connectivity index (χ4n) is 2.83. The van der Waals surface area contributed by atoms with Crippen molar-refractivity contribution in [3.63, 3.8) is 0 Å². The number of carbonyl (C=O) groups is 2. The molecule has 0 unspecified atom stereocenters. The maximum absolute atomic E-state index is 12.3. The second-order valence-electron chi connectivity index (χ2n) is 5.50. The molecule has 0 spiro atoms. The van der Waals surface area contributed by atoms with Crippen molar-refractivity contribution in [2.45, 2.75) is 37.3 Å². The molecule has 2 atom stereocenters. The first-order valence-electron chi connectivity index (χ1n) is 6.87. The normalized spacial score (nSPS) is 27.8. The summed E-state index contributed by atoms with van der Waals surface area (Å²) in [7, 11) is 0. The van der Waals surface area contributed by atoms with E-state index in [1.54, 1.807) is 16.7 Å². The molecule has 4 nitrogen and oxygen atoms in total. The van der Waals surface area contributed by atoms with E-state index in [-0.39, 0.29) is 23.4 Å². The summed E-state index contributed by atoms with van der Waals surface area (Å²) < 4.78 is 6.38. The average Bonchev–Trinajstić information content (AvgIpc) is 2.95. The molecule has 21 heavy (non-hydrogen) atoms. The van der Waals surface area contributed by atoms with E-state index in [0.29, 0.717) is 12.2 Å². The van der Waals surface area contributed by atoms with Gasteiger partial charge in [0.25, 0.3) is 0 Å². The molecule has 1 aromatic carbocycles. The lowest BCUT2D eigenvalue weighted by Gasteiger charge is -2.29. The molecular formula is C15H16BrNO3S. The van der Waals surface area contributed by atoms with Gasteiger partial charge in [-0.05, 0) is 31.0 Å². The number of nitrogens with zero attached hydrogens (tertiary/aromatic N) is 1. The predicted molar refractivity (Wildman–Crippen MR) is 84.7 cm³/mol. The predicted octanol–water partition coefficient (Wildman–Crippen LogP) is 2.95. The van der Waals surface area contributed by atoms with Crippen LogP contribution in [0.25, 0.3) is 0 Å². The van der Waals surface area contributed by atoms with E-state index in [1.165, 1.54) is 0 Å². The van der Waals surface area contributed by atoms with Crippen molar-refractivity contribution in [1.29, 1.82) is 0 Å². The van der Waals surface area contributed by atoms with E-state index < -0.39 is 6.04 Å². The third kappa shape index (κ3) is 2.83.